The minimum atomic E-state index is -0.555. The Labute approximate surface area is 154 Å². The smallest absolute Gasteiger partial charge is 0.270 e. The summed E-state index contributed by atoms with van der Waals surface area (Å²) in [5.41, 5.74) is 0.354. The Kier molecular flexibility index (Phi) is 5.15. The van der Waals surface area contributed by atoms with E-state index in [9.17, 15) is 14.9 Å². The van der Waals surface area contributed by atoms with Crippen LogP contribution in [0.15, 0.2) is 72.8 Å². The summed E-state index contributed by atoms with van der Waals surface area (Å²) in [6.07, 6.45) is 0. The van der Waals surface area contributed by atoms with E-state index in [1.54, 1.807) is 30.3 Å². The Morgan fingerprint density at radius 3 is 2.50 bits per heavy atom. The molecule has 0 bridgehead atoms. The average Bonchev–Trinajstić information content (AvgIpc) is 2.65. The van der Waals surface area contributed by atoms with Crippen molar-refractivity contribution in [1.29, 1.82) is 0 Å². The van der Waals surface area contributed by atoms with Gasteiger partial charge in [0.25, 0.3) is 11.6 Å². The van der Waals surface area contributed by atoms with Crippen molar-refractivity contribution >= 4 is 28.9 Å². The highest BCUT2D eigenvalue weighted by Crippen LogP contribution is 2.32. The highest BCUT2D eigenvalue weighted by atomic mass is 35.5. The van der Waals surface area contributed by atoms with Crippen molar-refractivity contribution in [3.63, 3.8) is 0 Å². The van der Waals surface area contributed by atoms with Crippen LogP contribution in [0.1, 0.15) is 10.4 Å². The molecule has 3 aromatic carbocycles. The number of nitrogens with one attached hydrogen (secondary N) is 1. The van der Waals surface area contributed by atoms with Crippen molar-refractivity contribution in [3.8, 4) is 11.5 Å². The lowest BCUT2D eigenvalue weighted by molar-refractivity contribution is -0.384. The fourth-order valence-electron chi connectivity index (χ4n) is 2.26. The molecule has 0 aliphatic carbocycles. The van der Waals surface area contributed by atoms with E-state index in [-0.39, 0.29) is 11.3 Å². The number of amides is 1. The first-order valence-corrected chi connectivity index (χ1v) is 7.99. The van der Waals surface area contributed by atoms with Crippen LogP contribution in [0.4, 0.5) is 11.4 Å². The topological polar surface area (TPSA) is 81.5 Å². The molecule has 0 unspecified atom stereocenters. The summed E-state index contributed by atoms with van der Waals surface area (Å²) in [5.74, 6) is 0.494. The van der Waals surface area contributed by atoms with Gasteiger partial charge in [-0.3, -0.25) is 14.9 Å². The van der Waals surface area contributed by atoms with Gasteiger partial charge in [-0.05, 0) is 36.4 Å². The predicted octanol–water partition coefficient (Wildman–Crippen LogP) is 5.29. The quantitative estimate of drug-likeness (QED) is 0.489. The van der Waals surface area contributed by atoms with Crippen LogP contribution < -0.4 is 10.1 Å². The number of rotatable bonds is 5. The van der Waals surface area contributed by atoms with Crippen LogP contribution >= 0.6 is 11.6 Å². The van der Waals surface area contributed by atoms with Gasteiger partial charge in [0, 0.05) is 22.7 Å². The second-order valence-corrected chi connectivity index (χ2v) is 5.75. The van der Waals surface area contributed by atoms with Crippen molar-refractivity contribution < 1.29 is 14.5 Å². The number of anilines is 1. The largest absolute Gasteiger partial charge is 0.455 e. The van der Waals surface area contributed by atoms with E-state index in [1.165, 1.54) is 24.3 Å². The summed E-state index contributed by atoms with van der Waals surface area (Å²) in [7, 11) is 0. The van der Waals surface area contributed by atoms with Crippen molar-refractivity contribution in [2.75, 3.05) is 5.32 Å². The van der Waals surface area contributed by atoms with Crippen LogP contribution in [0.3, 0.4) is 0 Å². The van der Waals surface area contributed by atoms with Gasteiger partial charge in [0.1, 0.15) is 5.75 Å². The lowest BCUT2D eigenvalue weighted by atomic mass is 10.2. The summed E-state index contributed by atoms with van der Waals surface area (Å²) in [6, 6.07) is 19.4. The van der Waals surface area contributed by atoms with E-state index in [2.05, 4.69) is 5.32 Å². The minimum Gasteiger partial charge on any atom is -0.455 e. The van der Waals surface area contributed by atoms with Gasteiger partial charge in [-0.25, -0.2) is 0 Å². The van der Waals surface area contributed by atoms with E-state index in [1.807, 2.05) is 18.2 Å². The maximum absolute atomic E-state index is 12.5. The number of nitrogens with zero attached hydrogens (tertiary/aromatic N) is 1. The molecular weight excluding hydrogens is 356 g/mol. The van der Waals surface area contributed by atoms with Crippen LogP contribution in [-0.2, 0) is 0 Å². The molecule has 3 aromatic rings. The number of nitro groups is 1. The average molecular weight is 369 g/mol. The molecule has 0 atom stereocenters. The summed E-state index contributed by atoms with van der Waals surface area (Å²) >= 11 is 6.02. The number of ether oxygens (including phenoxy) is 1. The van der Waals surface area contributed by atoms with Crippen LogP contribution in [0.25, 0.3) is 0 Å². The number of hydrogen-bond donors (Lipinski definition) is 1. The van der Waals surface area contributed by atoms with E-state index in [0.29, 0.717) is 22.2 Å². The molecule has 3 rings (SSSR count). The number of para-hydroxylation sites is 1. The van der Waals surface area contributed by atoms with Gasteiger partial charge in [0.2, 0.25) is 0 Å². The summed E-state index contributed by atoms with van der Waals surface area (Å²) < 4.78 is 5.78. The second kappa shape index (κ2) is 7.67. The maximum Gasteiger partial charge on any atom is 0.270 e. The molecule has 26 heavy (non-hydrogen) atoms. The Morgan fingerprint density at radius 2 is 1.77 bits per heavy atom. The highest BCUT2D eigenvalue weighted by Gasteiger charge is 2.14. The Bertz CT molecular complexity index is 961. The molecule has 0 heterocycles. The van der Waals surface area contributed by atoms with Crippen molar-refractivity contribution in [3.05, 3.63) is 93.5 Å². The van der Waals surface area contributed by atoms with Crippen LogP contribution in [0.2, 0.25) is 5.02 Å². The number of non-ortho nitro benzene ring substituents is 1. The number of benzene rings is 3. The zero-order valence-corrected chi connectivity index (χ0v) is 14.1. The second-order valence-electron chi connectivity index (χ2n) is 5.32. The van der Waals surface area contributed by atoms with Crippen molar-refractivity contribution in [2.45, 2.75) is 0 Å². The fraction of sp³-hybridized carbons (Fsp3) is 0. The summed E-state index contributed by atoms with van der Waals surface area (Å²) in [4.78, 5) is 22.8. The highest BCUT2D eigenvalue weighted by molar-refractivity contribution is 6.31. The van der Waals surface area contributed by atoms with E-state index < -0.39 is 10.8 Å². The molecule has 6 nitrogen and oxygen atoms in total. The van der Waals surface area contributed by atoms with Crippen molar-refractivity contribution in [2.24, 2.45) is 0 Å². The van der Waals surface area contributed by atoms with E-state index in [0.717, 1.165) is 0 Å². The molecule has 0 saturated carbocycles. The first-order valence-electron chi connectivity index (χ1n) is 7.61. The van der Waals surface area contributed by atoms with Gasteiger partial charge in [-0.1, -0.05) is 35.9 Å². The third kappa shape index (κ3) is 4.17. The number of nitro benzene ring substituents is 1. The molecular formula is C19H13ClN2O4. The molecule has 0 aliphatic rings. The van der Waals surface area contributed by atoms with Gasteiger partial charge in [0.15, 0.2) is 5.75 Å². The standard InChI is InChI=1S/C19H13ClN2O4/c20-14-9-10-18(26-16-7-2-1-3-8-16)17(12-14)21-19(23)13-5-4-6-15(11-13)22(24)25/h1-12H,(H,21,23). The van der Waals surface area contributed by atoms with Gasteiger partial charge in [0.05, 0.1) is 10.6 Å². The van der Waals surface area contributed by atoms with Crippen molar-refractivity contribution in [1.82, 2.24) is 0 Å². The SMILES string of the molecule is O=C(Nc1cc(Cl)ccc1Oc1ccccc1)c1cccc([N+](=O)[O-])c1. The molecule has 0 saturated heterocycles. The number of hydrogen-bond acceptors (Lipinski definition) is 4. The number of halogens is 1. The molecule has 1 N–H and O–H groups in total. The fourth-order valence-corrected chi connectivity index (χ4v) is 2.43. The Morgan fingerprint density at radius 1 is 1.00 bits per heavy atom. The maximum atomic E-state index is 12.5. The monoisotopic (exact) mass is 368 g/mol. The molecule has 0 radical (unpaired) electrons. The normalized spacial score (nSPS) is 10.2. The van der Waals surface area contributed by atoms with E-state index >= 15 is 0 Å². The molecule has 0 aromatic heterocycles. The summed E-state index contributed by atoms with van der Waals surface area (Å²) in [6.45, 7) is 0. The zero-order valence-electron chi connectivity index (χ0n) is 13.4. The first-order chi connectivity index (χ1) is 12.5. The molecule has 1 amide bonds. The van der Waals surface area contributed by atoms with Crippen LogP contribution in [-0.4, -0.2) is 10.8 Å². The molecule has 7 heteroatoms. The molecule has 0 aliphatic heterocycles. The zero-order chi connectivity index (χ0) is 18.5. The molecule has 130 valence electrons. The Balaban J connectivity index is 1.87. The van der Waals surface area contributed by atoms with E-state index in [4.69, 9.17) is 16.3 Å². The number of carbonyl (C=O) groups is 1. The third-order valence-corrected chi connectivity index (χ3v) is 3.72. The lowest BCUT2D eigenvalue weighted by Crippen LogP contribution is -2.12. The predicted molar refractivity (Wildman–Crippen MR) is 99.0 cm³/mol. The first kappa shape index (κ1) is 17.4. The van der Waals surface area contributed by atoms with Gasteiger partial charge in [-0.15, -0.1) is 0 Å². The lowest BCUT2D eigenvalue weighted by Gasteiger charge is -2.13. The molecule has 0 spiro atoms. The molecule has 0 fully saturated rings. The number of carbonyl (C=O) groups excluding carboxylic acids is 1. The van der Waals surface area contributed by atoms with Gasteiger partial charge < -0.3 is 10.1 Å². The Hall–Kier alpha value is -3.38. The van der Waals surface area contributed by atoms with Crippen LogP contribution in [0.5, 0.6) is 11.5 Å². The minimum absolute atomic E-state index is 0.157. The van der Waals surface area contributed by atoms with Gasteiger partial charge >= 0.3 is 0 Å². The van der Waals surface area contributed by atoms with Gasteiger partial charge in [-0.2, -0.15) is 0 Å². The third-order valence-electron chi connectivity index (χ3n) is 3.48. The van der Waals surface area contributed by atoms with Crippen LogP contribution in [0, 0.1) is 10.1 Å². The summed E-state index contributed by atoms with van der Waals surface area (Å²) in [5, 5.41) is 14.0.